The van der Waals surface area contributed by atoms with E-state index in [-0.39, 0.29) is 5.91 Å². The zero-order chi connectivity index (χ0) is 22.6. The summed E-state index contributed by atoms with van der Waals surface area (Å²) in [7, 11) is 1.90. The molecule has 1 N–H and O–H groups in total. The maximum atomic E-state index is 12.6. The van der Waals surface area contributed by atoms with Crippen molar-refractivity contribution in [1.29, 1.82) is 0 Å². The van der Waals surface area contributed by atoms with Crippen LogP contribution in [0.4, 0.5) is 5.69 Å². The van der Waals surface area contributed by atoms with Gasteiger partial charge in [-0.1, -0.05) is 6.07 Å². The number of nitrogens with one attached hydrogen (secondary N) is 1. The summed E-state index contributed by atoms with van der Waals surface area (Å²) >= 11 is 3.21. The lowest BCUT2D eigenvalue weighted by Crippen LogP contribution is -2.11. The van der Waals surface area contributed by atoms with E-state index in [9.17, 15) is 4.79 Å². The molecule has 0 radical (unpaired) electrons. The fourth-order valence-electron chi connectivity index (χ4n) is 3.20. The van der Waals surface area contributed by atoms with E-state index in [1.165, 1.54) is 11.8 Å². The van der Waals surface area contributed by atoms with Crippen molar-refractivity contribution < 1.29 is 4.79 Å². The van der Waals surface area contributed by atoms with Crippen LogP contribution in [0.2, 0.25) is 0 Å². The number of carbonyl (C=O) groups is 1. The van der Waals surface area contributed by atoms with Crippen molar-refractivity contribution in [1.82, 2.24) is 24.1 Å². The van der Waals surface area contributed by atoms with Crippen molar-refractivity contribution in [3.8, 4) is 0 Å². The highest BCUT2D eigenvalue weighted by atomic mass is 32.2. The molecule has 0 aliphatic rings. The van der Waals surface area contributed by atoms with Gasteiger partial charge in [-0.25, -0.2) is 4.98 Å². The Hall–Kier alpha value is -3.56. The molecule has 0 saturated carbocycles. The van der Waals surface area contributed by atoms with Crippen molar-refractivity contribution in [3.05, 3.63) is 96.7 Å². The van der Waals surface area contributed by atoms with E-state index in [0.717, 1.165) is 37.7 Å². The maximum absolute atomic E-state index is 12.6. The Morgan fingerprint density at radius 2 is 1.79 bits per heavy atom. The fraction of sp³-hybridized carbons (Fsp3) is 0.0833. The first kappa shape index (κ1) is 21.3. The van der Waals surface area contributed by atoms with E-state index in [4.69, 9.17) is 0 Å². The Balaban J connectivity index is 1.16. The maximum Gasteiger partial charge on any atom is 0.255 e. The van der Waals surface area contributed by atoms with E-state index in [0.29, 0.717) is 5.56 Å². The van der Waals surface area contributed by atoms with Crippen molar-refractivity contribution >= 4 is 40.8 Å². The lowest BCUT2D eigenvalue weighted by Gasteiger charge is -2.07. The number of imidazole rings is 1. The highest BCUT2D eigenvalue weighted by Crippen LogP contribution is 2.27. The lowest BCUT2D eigenvalue weighted by molar-refractivity contribution is 0.102. The smallest absolute Gasteiger partial charge is 0.255 e. The minimum atomic E-state index is -0.138. The molecule has 7 nitrogen and oxygen atoms in total. The number of hydrogen-bond acceptors (Lipinski definition) is 6. The van der Waals surface area contributed by atoms with E-state index in [1.54, 1.807) is 18.1 Å². The second-order valence-electron chi connectivity index (χ2n) is 7.32. The normalized spacial score (nSPS) is 11.1. The second kappa shape index (κ2) is 9.51. The van der Waals surface area contributed by atoms with Gasteiger partial charge in [0.1, 0.15) is 12.0 Å². The second-order valence-corrected chi connectivity index (χ2v) is 9.41. The molecule has 5 rings (SSSR count). The van der Waals surface area contributed by atoms with Crippen molar-refractivity contribution in [2.75, 3.05) is 5.32 Å². The van der Waals surface area contributed by atoms with Gasteiger partial charge in [-0.15, -0.1) is 22.0 Å². The summed E-state index contributed by atoms with van der Waals surface area (Å²) < 4.78 is 3.88. The molecular weight excluding hydrogens is 452 g/mol. The number of fused-ring (bicyclic) bond motifs is 1. The minimum absolute atomic E-state index is 0.138. The number of rotatable bonds is 7. The summed E-state index contributed by atoms with van der Waals surface area (Å²) in [6, 6.07) is 21.3. The van der Waals surface area contributed by atoms with Gasteiger partial charge < -0.3 is 14.3 Å². The third-order valence-electron chi connectivity index (χ3n) is 4.91. The molecule has 0 spiro atoms. The van der Waals surface area contributed by atoms with Crippen molar-refractivity contribution in [2.45, 2.75) is 20.7 Å². The molecule has 2 aromatic carbocycles. The molecule has 0 aliphatic heterocycles. The third-order valence-corrected chi connectivity index (χ3v) is 7.01. The predicted molar refractivity (Wildman–Crippen MR) is 131 cm³/mol. The van der Waals surface area contributed by atoms with E-state index in [2.05, 4.69) is 20.5 Å². The summed E-state index contributed by atoms with van der Waals surface area (Å²) in [4.78, 5) is 19.4. The third kappa shape index (κ3) is 5.10. The molecule has 9 heteroatoms. The SMILES string of the molecule is Cn1cnnc1Sc1ccc(NC(=O)c2ccc(SCc3cn4ccccc4n3)cc2)cc1. The Morgan fingerprint density at radius 1 is 1.00 bits per heavy atom. The Kier molecular flexibility index (Phi) is 6.14. The first-order chi connectivity index (χ1) is 16.1. The van der Waals surface area contributed by atoms with Gasteiger partial charge in [-0.2, -0.15) is 0 Å². The standard InChI is InChI=1S/C24H20N6OS2/c1-29-16-25-28-24(29)33-21-11-7-18(8-12-21)27-23(31)17-5-9-20(10-6-17)32-15-19-14-30-13-3-2-4-22(30)26-19/h2-14,16H,15H2,1H3,(H,27,31). The summed E-state index contributed by atoms with van der Waals surface area (Å²) in [6.07, 6.45) is 5.70. The van der Waals surface area contributed by atoms with Crippen LogP contribution in [0.1, 0.15) is 16.1 Å². The van der Waals surface area contributed by atoms with Crippen LogP contribution in [-0.4, -0.2) is 30.1 Å². The topological polar surface area (TPSA) is 77.1 Å². The molecular formula is C24H20N6OS2. The first-order valence-electron chi connectivity index (χ1n) is 10.2. The zero-order valence-corrected chi connectivity index (χ0v) is 19.4. The van der Waals surface area contributed by atoms with Crippen LogP contribution in [0.3, 0.4) is 0 Å². The molecule has 164 valence electrons. The van der Waals surface area contributed by atoms with E-state index in [1.807, 2.05) is 95.1 Å². The van der Waals surface area contributed by atoms with Crippen LogP contribution >= 0.6 is 23.5 Å². The molecule has 0 fully saturated rings. The largest absolute Gasteiger partial charge is 0.322 e. The van der Waals surface area contributed by atoms with Crippen molar-refractivity contribution in [2.24, 2.45) is 7.05 Å². The summed E-state index contributed by atoms with van der Waals surface area (Å²) in [5, 5.41) is 11.7. The molecule has 3 heterocycles. The minimum Gasteiger partial charge on any atom is -0.322 e. The summed E-state index contributed by atoms with van der Waals surface area (Å²) in [5.74, 6) is 0.631. The average Bonchev–Trinajstić information content (AvgIpc) is 3.44. The number of hydrogen-bond donors (Lipinski definition) is 1. The van der Waals surface area contributed by atoms with Crippen molar-refractivity contribution in [3.63, 3.8) is 0 Å². The number of aryl methyl sites for hydroxylation is 1. The highest BCUT2D eigenvalue weighted by Gasteiger charge is 2.08. The van der Waals surface area contributed by atoms with Crippen LogP contribution in [0, 0.1) is 0 Å². The molecule has 5 aromatic rings. The van der Waals surface area contributed by atoms with Crippen LogP contribution < -0.4 is 5.32 Å². The molecule has 0 unspecified atom stereocenters. The molecule has 0 aliphatic carbocycles. The lowest BCUT2D eigenvalue weighted by atomic mass is 10.2. The number of thioether (sulfide) groups is 1. The Bertz CT molecular complexity index is 1360. The molecule has 0 saturated heterocycles. The van der Waals surface area contributed by atoms with E-state index < -0.39 is 0 Å². The first-order valence-corrected chi connectivity index (χ1v) is 12.0. The molecule has 3 aromatic heterocycles. The molecule has 33 heavy (non-hydrogen) atoms. The molecule has 0 atom stereocenters. The number of nitrogens with zero attached hydrogens (tertiary/aromatic N) is 5. The van der Waals surface area contributed by atoms with Crippen LogP contribution in [0.15, 0.2) is 100 Å². The van der Waals surface area contributed by atoms with Gasteiger partial charge in [0.2, 0.25) is 0 Å². The number of carbonyl (C=O) groups excluding carboxylic acids is 1. The van der Waals surface area contributed by atoms with Gasteiger partial charge in [0.25, 0.3) is 5.91 Å². The van der Waals surface area contributed by atoms with E-state index >= 15 is 0 Å². The van der Waals surface area contributed by atoms with Crippen LogP contribution in [0.5, 0.6) is 0 Å². The van der Waals surface area contributed by atoms with Crippen LogP contribution in [0.25, 0.3) is 5.65 Å². The molecule has 1 amide bonds. The molecule has 0 bridgehead atoms. The van der Waals surface area contributed by atoms with Crippen LogP contribution in [-0.2, 0) is 12.8 Å². The average molecular weight is 473 g/mol. The van der Waals surface area contributed by atoms with Gasteiger partial charge in [0.05, 0.1) is 5.69 Å². The van der Waals surface area contributed by atoms with Gasteiger partial charge in [0.15, 0.2) is 5.16 Å². The van der Waals surface area contributed by atoms with Gasteiger partial charge >= 0.3 is 0 Å². The number of amides is 1. The predicted octanol–water partition coefficient (Wildman–Crippen LogP) is 5.16. The number of anilines is 1. The fourth-order valence-corrected chi connectivity index (χ4v) is 4.74. The summed E-state index contributed by atoms with van der Waals surface area (Å²) in [6.45, 7) is 0. The van der Waals surface area contributed by atoms with Gasteiger partial charge in [-0.3, -0.25) is 4.79 Å². The Labute approximate surface area is 199 Å². The monoisotopic (exact) mass is 472 g/mol. The number of pyridine rings is 1. The van der Waals surface area contributed by atoms with Gasteiger partial charge in [-0.05, 0) is 72.4 Å². The quantitative estimate of drug-likeness (QED) is 0.330. The Morgan fingerprint density at radius 3 is 2.52 bits per heavy atom. The summed E-state index contributed by atoms with van der Waals surface area (Å²) in [5.41, 5.74) is 3.33. The zero-order valence-electron chi connectivity index (χ0n) is 17.8. The van der Waals surface area contributed by atoms with Gasteiger partial charge in [0, 0.05) is 46.2 Å². The number of aromatic nitrogens is 5. The highest BCUT2D eigenvalue weighted by molar-refractivity contribution is 7.99. The number of benzene rings is 2.